The Balaban J connectivity index is 1.53. The molecule has 2 N–H and O–H groups in total. The van der Waals surface area contributed by atoms with Crippen LogP contribution < -0.4 is 29.6 Å². The van der Waals surface area contributed by atoms with Gasteiger partial charge in [0.15, 0.2) is 17.5 Å². The molecule has 164 valence electrons. The summed E-state index contributed by atoms with van der Waals surface area (Å²) < 4.78 is 22.2. The van der Waals surface area contributed by atoms with Crippen molar-refractivity contribution in [1.29, 1.82) is 0 Å². The molecular formula is C24H29N3O4. The first-order chi connectivity index (χ1) is 15.2. The molecule has 0 heterocycles. The second kappa shape index (κ2) is 11.0. The number of hydrogen-bond donors (Lipinski definition) is 2. The van der Waals surface area contributed by atoms with E-state index in [2.05, 4.69) is 33.8 Å². The molecule has 0 amide bonds. The number of nitrogens with one attached hydrogen (secondary N) is 2. The topological polar surface area (TPSA) is 73.3 Å². The molecule has 3 aromatic rings. The lowest BCUT2D eigenvalue weighted by atomic mass is 10.1. The third kappa shape index (κ3) is 5.51. The predicted octanol–water partition coefficient (Wildman–Crippen LogP) is 3.61. The molecule has 7 nitrogen and oxygen atoms in total. The Hall–Kier alpha value is -3.61. The second-order valence-corrected chi connectivity index (χ2v) is 6.71. The van der Waals surface area contributed by atoms with Gasteiger partial charge in [-0.15, -0.1) is 0 Å². The van der Waals surface area contributed by atoms with E-state index < -0.39 is 0 Å². The molecule has 0 radical (unpaired) electrons. The van der Waals surface area contributed by atoms with Gasteiger partial charge in [-0.3, -0.25) is 4.99 Å². The van der Waals surface area contributed by atoms with Gasteiger partial charge in [0.25, 0.3) is 0 Å². The van der Waals surface area contributed by atoms with Crippen LogP contribution in [0.2, 0.25) is 0 Å². The maximum atomic E-state index is 5.97. The van der Waals surface area contributed by atoms with Crippen molar-refractivity contribution >= 4 is 16.7 Å². The fourth-order valence-electron chi connectivity index (χ4n) is 3.30. The minimum atomic E-state index is 0.513. The minimum absolute atomic E-state index is 0.513. The summed E-state index contributed by atoms with van der Waals surface area (Å²) in [6, 6.07) is 18.1. The Morgan fingerprint density at radius 1 is 0.839 bits per heavy atom. The average molecular weight is 424 g/mol. The highest BCUT2D eigenvalue weighted by atomic mass is 16.5. The van der Waals surface area contributed by atoms with Crippen molar-refractivity contribution in [3.8, 4) is 23.0 Å². The Bertz CT molecular complexity index is 1010. The molecule has 0 fully saturated rings. The highest BCUT2D eigenvalue weighted by molar-refractivity contribution is 5.88. The molecule has 31 heavy (non-hydrogen) atoms. The van der Waals surface area contributed by atoms with E-state index in [-0.39, 0.29) is 0 Å². The Morgan fingerprint density at radius 3 is 2.23 bits per heavy atom. The number of benzene rings is 3. The molecular weight excluding hydrogens is 394 g/mol. The zero-order valence-corrected chi connectivity index (χ0v) is 18.4. The van der Waals surface area contributed by atoms with Crippen LogP contribution >= 0.6 is 0 Å². The molecule has 0 aliphatic carbocycles. The SMILES string of the molecule is CN=C(NCCOc1cccc2ccccc12)NCc1cc(OC)c(OC)c(OC)c1. The van der Waals surface area contributed by atoms with Crippen LogP contribution in [0.5, 0.6) is 23.0 Å². The van der Waals surface area contributed by atoms with Crippen molar-refractivity contribution in [1.82, 2.24) is 10.6 Å². The molecule has 0 atom stereocenters. The zero-order chi connectivity index (χ0) is 22.1. The summed E-state index contributed by atoms with van der Waals surface area (Å²) in [6.45, 7) is 1.66. The van der Waals surface area contributed by atoms with Crippen LogP contribution in [0, 0.1) is 0 Å². The third-order valence-corrected chi connectivity index (χ3v) is 4.81. The van der Waals surface area contributed by atoms with E-state index >= 15 is 0 Å². The quantitative estimate of drug-likeness (QED) is 0.311. The van der Waals surface area contributed by atoms with Gasteiger partial charge in [-0.2, -0.15) is 0 Å². The van der Waals surface area contributed by atoms with Gasteiger partial charge < -0.3 is 29.6 Å². The first-order valence-corrected chi connectivity index (χ1v) is 10.0. The van der Waals surface area contributed by atoms with Gasteiger partial charge in [0.1, 0.15) is 12.4 Å². The molecule has 0 aliphatic heterocycles. The predicted molar refractivity (Wildman–Crippen MR) is 124 cm³/mol. The van der Waals surface area contributed by atoms with Gasteiger partial charge in [-0.25, -0.2) is 0 Å². The van der Waals surface area contributed by atoms with Crippen molar-refractivity contribution in [2.24, 2.45) is 4.99 Å². The summed E-state index contributed by atoms with van der Waals surface area (Å²) >= 11 is 0. The first-order valence-electron chi connectivity index (χ1n) is 10.0. The van der Waals surface area contributed by atoms with E-state index in [9.17, 15) is 0 Å². The van der Waals surface area contributed by atoms with E-state index in [0.717, 1.165) is 22.1 Å². The van der Waals surface area contributed by atoms with E-state index in [1.165, 1.54) is 0 Å². The van der Waals surface area contributed by atoms with Crippen LogP contribution in [0.4, 0.5) is 0 Å². The number of methoxy groups -OCH3 is 3. The van der Waals surface area contributed by atoms with Gasteiger partial charge in [0.2, 0.25) is 5.75 Å². The molecule has 3 rings (SSSR count). The lowest BCUT2D eigenvalue weighted by Gasteiger charge is -2.16. The van der Waals surface area contributed by atoms with Crippen LogP contribution in [0.25, 0.3) is 10.8 Å². The van der Waals surface area contributed by atoms with Crippen molar-refractivity contribution in [2.45, 2.75) is 6.54 Å². The highest BCUT2D eigenvalue weighted by Gasteiger charge is 2.13. The van der Waals surface area contributed by atoms with Crippen molar-refractivity contribution < 1.29 is 18.9 Å². The van der Waals surface area contributed by atoms with Crippen LogP contribution in [-0.2, 0) is 6.54 Å². The van der Waals surface area contributed by atoms with E-state index in [1.54, 1.807) is 28.4 Å². The van der Waals surface area contributed by atoms with Gasteiger partial charge in [-0.1, -0.05) is 36.4 Å². The van der Waals surface area contributed by atoms with Gasteiger partial charge >= 0.3 is 0 Å². The summed E-state index contributed by atoms with van der Waals surface area (Å²) in [7, 11) is 6.52. The lowest BCUT2D eigenvalue weighted by Crippen LogP contribution is -2.38. The van der Waals surface area contributed by atoms with Crippen LogP contribution in [0.15, 0.2) is 59.6 Å². The molecule has 0 saturated carbocycles. The second-order valence-electron chi connectivity index (χ2n) is 6.71. The van der Waals surface area contributed by atoms with Gasteiger partial charge in [-0.05, 0) is 29.1 Å². The van der Waals surface area contributed by atoms with Crippen LogP contribution in [0.3, 0.4) is 0 Å². The average Bonchev–Trinajstić information content (AvgIpc) is 2.82. The van der Waals surface area contributed by atoms with E-state index in [0.29, 0.717) is 42.9 Å². The van der Waals surface area contributed by atoms with Crippen molar-refractivity contribution in [3.63, 3.8) is 0 Å². The largest absolute Gasteiger partial charge is 0.493 e. The summed E-state index contributed by atoms with van der Waals surface area (Å²) in [6.07, 6.45) is 0. The zero-order valence-electron chi connectivity index (χ0n) is 18.4. The number of rotatable bonds is 9. The Labute approximate surface area is 183 Å². The van der Waals surface area contributed by atoms with Gasteiger partial charge in [0.05, 0.1) is 27.9 Å². The fraction of sp³-hybridized carbons (Fsp3) is 0.292. The van der Waals surface area contributed by atoms with E-state index in [4.69, 9.17) is 18.9 Å². The highest BCUT2D eigenvalue weighted by Crippen LogP contribution is 2.38. The molecule has 0 spiro atoms. The van der Waals surface area contributed by atoms with Crippen LogP contribution in [-0.4, -0.2) is 47.5 Å². The molecule has 0 aromatic heterocycles. The number of hydrogen-bond acceptors (Lipinski definition) is 5. The molecule has 0 saturated heterocycles. The number of ether oxygens (including phenoxy) is 4. The standard InChI is InChI=1S/C24H29N3O4/c1-25-24(27-16-17-14-21(28-2)23(30-4)22(15-17)29-3)26-12-13-31-20-11-7-9-18-8-5-6-10-19(18)20/h5-11,14-15H,12-13,16H2,1-4H3,(H2,25,26,27). The maximum absolute atomic E-state index is 5.97. The monoisotopic (exact) mass is 423 g/mol. The molecule has 3 aromatic carbocycles. The molecule has 7 heteroatoms. The minimum Gasteiger partial charge on any atom is -0.493 e. The van der Waals surface area contributed by atoms with Crippen molar-refractivity contribution in [2.75, 3.05) is 41.5 Å². The summed E-state index contributed by atoms with van der Waals surface area (Å²) in [4.78, 5) is 4.27. The fourth-order valence-corrected chi connectivity index (χ4v) is 3.30. The molecule has 0 aliphatic rings. The van der Waals surface area contributed by atoms with Crippen LogP contribution in [0.1, 0.15) is 5.56 Å². The van der Waals surface area contributed by atoms with E-state index in [1.807, 2.05) is 36.4 Å². The first kappa shape index (κ1) is 22.1. The third-order valence-electron chi connectivity index (χ3n) is 4.81. The maximum Gasteiger partial charge on any atom is 0.203 e. The van der Waals surface area contributed by atoms with Gasteiger partial charge in [0, 0.05) is 19.0 Å². The summed E-state index contributed by atoms with van der Waals surface area (Å²) in [5, 5.41) is 8.82. The summed E-state index contributed by atoms with van der Waals surface area (Å²) in [5.74, 6) is 3.35. The molecule has 0 unspecified atom stereocenters. The normalized spacial score (nSPS) is 11.2. The number of aliphatic imine (C=N–C) groups is 1. The summed E-state index contributed by atoms with van der Waals surface area (Å²) in [5.41, 5.74) is 0.976. The molecule has 0 bridgehead atoms. The number of fused-ring (bicyclic) bond motifs is 1. The smallest absolute Gasteiger partial charge is 0.203 e. The number of nitrogens with zero attached hydrogens (tertiary/aromatic N) is 1. The lowest BCUT2D eigenvalue weighted by molar-refractivity contribution is 0.323. The Kier molecular flexibility index (Phi) is 7.81. The van der Waals surface area contributed by atoms with Crippen molar-refractivity contribution in [3.05, 3.63) is 60.2 Å². The Morgan fingerprint density at radius 2 is 1.55 bits per heavy atom. The number of guanidine groups is 1.